The van der Waals surface area contributed by atoms with Gasteiger partial charge in [0.2, 0.25) is 5.91 Å². The van der Waals surface area contributed by atoms with Crippen LogP contribution in [0.2, 0.25) is 5.02 Å². The Kier molecular flexibility index (Phi) is 6.11. The molecule has 0 aliphatic carbocycles. The number of piperidine rings is 1. The number of rotatable bonds is 5. The normalized spacial score (nSPS) is 18.1. The highest BCUT2D eigenvalue weighted by Gasteiger charge is 2.28. The van der Waals surface area contributed by atoms with Crippen molar-refractivity contribution in [3.05, 3.63) is 70.7 Å². The molecule has 2 aromatic carbocycles. The van der Waals surface area contributed by atoms with Gasteiger partial charge in [0.25, 0.3) is 0 Å². The van der Waals surface area contributed by atoms with Crippen LogP contribution in [0.1, 0.15) is 24.0 Å². The van der Waals surface area contributed by atoms with E-state index in [-0.39, 0.29) is 11.8 Å². The number of likely N-dealkylation sites (tertiary alicyclic amines) is 1. The van der Waals surface area contributed by atoms with Gasteiger partial charge in [-0.15, -0.1) is 0 Å². The second-order valence-electron chi connectivity index (χ2n) is 6.88. The van der Waals surface area contributed by atoms with Gasteiger partial charge in [-0.1, -0.05) is 54.1 Å². The van der Waals surface area contributed by atoms with Crippen LogP contribution in [0.25, 0.3) is 0 Å². The highest BCUT2D eigenvalue weighted by atomic mass is 35.5. The van der Waals surface area contributed by atoms with E-state index < -0.39 is 0 Å². The van der Waals surface area contributed by atoms with Crippen molar-refractivity contribution in [1.82, 2.24) is 9.80 Å². The standard InChI is InChI=1S/C21H25ClN2O/c1-23(14-17-7-3-2-4-8-17)21(25)19-10-6-12-24(16-19)15-18-9-5-11-20(22)13-18/h2-5,7-9,11,13,19H,6,10,12,14-16H2,1H3/t19-/m0/s1. The molecule has 1 heterocycles. The van der Waals surface area contributed by atoms with Gasteiger partial charge in [-0.05, 0) is 42.6 Å². The number of nitrogens with zero attached hydrogens (tertiary/aromatic N) is 2. The van der Waals surface area contributed by atoms with E-state index in [0.29, 0.717) is 6.54 Å². The van der Waals surface area contributed by atoms with Gasteiger partial charge in [-0.25, -0.2) is 0 Å². The van der Waals surface area contributed by atoms with Crippen LogP contribution in [0.5, 0.6) is 0 Å². The monoisotopic (exact) mass is 356 g/mol. The summed E-state index contributed by atoms with van der Waals surface area (Å²) >= 11 is 6.08. The quantitative estimate of drug-likeness (QED) is 0.801. The van der Waals surface area contributed by atoms with E-state index in [0.717, 1.165) is 37.5 Å². The number of amides is 1. The molecule has 0 aromatic heterocycles. The van der Waals surface area contributed by atoms with Crippen molar-refractivity contribution in [2.24, 2.45) is 5.92 Å². The predicted octanol–water partition coefficient (Wildman–Crippen LogP) is 4.21. The molecule has 1 aliphatic rings. The molecule has 0 N–H and O–H groups in total. The first-order valence-corrected chi connectivity index (χ1v) is 9.25. The van der Waals surface area contributed by atoms with Crippen molar-refractivity contribution in [2.45, 2.75) is 25.9 Å². The molecule has 0 saturated carbocycles. The number of benzene rings is 2. The zero-order valence-corrected chi connectivity index (χ0v) is 15.5. The summed E-state index contributed by atoms with van der Waals surface area (Å²) in [5, 5.41) is 0.768. The summed E-state index contributed by atoms with van der Waals surface area (Å²) < 4.78 is 0. The Labute approximate surface area is 155 Å². The number of carbonyl (C=O) groups is 1. The third kappa shape index (κ3) is 5.07. The van der Waals surface area contributed by atoms with Crippen molar-refractivity contribution >= 4 is 17.5 Å². The Balaban J connectivity index is 1.57. The Hall–Kier alpha value is -1.84. The Morgan fingerprint density at radius 1 is 1.16 bits per heavy atom. The average Bonchev–Trinajstić information content (AvgIpc) is 2.62. The topological polar surface area (TPSA) is 23.6 Å². The third-order valence-corrected chi connectivity index (χ3v) is 5.02. The maximum Gasteiger partial charge on any atom is 0.227 e. The molecule has 2 aromatic rings. The summed E-state index contributed by atoms with van der Waals surface area (Å²) in [6.45, 7) is 3.39. The maximum absolute atomic E-state index is 12.8. The van der Waals surface area contributed by atoms with Gasteiger partial charge in [-0.3, -0.25) is 9.69 Å². The fourth-order valence-corrected chi connectivity index (χ4v) is 3.75. The first kappa shape index (κ1) is 18.0. The smallest absolute Gasteiger partial charge is 0.227 e. The Morgan fingerprint density at radius 2 is 1.92 bits per heavy atom. The lowest BCUT2D eigenvalue weighted by Gasteiger charge is -2.34. The van der Waals surface area contributed by atoms with Gasteiger partial charge in [0.05, 0.1) is 5.92 Å². The second-order valence-corrected chi connectivity index (χ2v) is 7.32. The molecule has 3 rings (SSSR count). The van der Waals surface area contributed by atoms with E-state index in [4.69, 9.17) is 11.6 Å². The summed E-state index contributed by atoms with van der Waals surface area (Å²) in [5.41, 5.74) is 2.38. The van der Waals surface area contributed by atoms with Crippen molar-refractivity contribution in [3.63, 3.8) is 0 Å². The molecule has 1 aliphatic heterocycles. The molecular weight excluding hydrogens is 332 g/mol. The lowest BCUT2D eigenvalue weighted by molar-refractivity contribution is -0.136. The van der Waals surface area contributed by atoms with E-state index >= 15 is 0 Å². The molecule has 1 fully saturated rings. The van der Waals surface area contributed by atoms with Crippen LogP contribution >= 0.6 is 11.6 Å². The molecule has 1 atom stereocenters. The Morgan fingerprint density at radius 3 is 2.68 bits per heavy atom. The first-order chi connectivity index (χ1) is 12.1. The summed E-state index contributed by atoms with van der Waals surface area (Å²) in [7, 11) is 1.91. The average molecular weight is 357 g/mol. The minimum absolute atomic E-state index is 0.0849. The Bertz CT molecular complexity index is 704. The third-order valence-electron chi connectivity index (χ3n) is 4.79. The zero-order chi connectivity index (χ0) is 17.6. The summed E-state index contributed by atoms with van der Waals surface area (Å²) in [6.07, 6.45) is 2.04. The molecule has 0 radical (unpaired) electrons. The van der Waals surface area contributed by atoms with E-state index in [1.54, 1.807) is 0 Å². The van der Waals surface area contributed by atoms with Gasteiger partial charge in [0, 0.05) is 31.7 Å². The fraction of sp³-hybridized carbons (Fsp3) is 0.381. The molecule has 0 bridgehead atoms. The van der Waals surface area contributed by atoms with Crippen LogP contribution in [0, 0.1) is 5.92 Å². The highest BCUT2D eigenvalue weighted by molar-refractivity contribution is 6.30. The second kappa shape index (κ2) is 8.50. The molecule has 1 amide bonds. The van der Waals surface area contributed by atoms with Crippen LogP contribution < -0.4 is 0 Å². The van der Waals surface area contributed by atoms with Gasteiger partial charge in [0.1, 0.15) is 0 Å². The summed E-state index contributed by atoms with van der Waals surface area (Å²) in [5.74, 6) is 0.335. The molecule has 25 heavy (non-hydrogen) atoms. The van der Waals surface area contributed by atoms with Gasteiger partial charge >= 0.3 is 0 Å². The number of hydrogen-bond acceptors (Lipinski definition) is 2. The lowest BCUT2D eigenvalue weighted by atomic mass is 9.96. The SMILES string of the molecule is CN(Cc1ccccc1)C(=O)[C@H]1CCCN(Cc2cccc(Cl)c2)C1. The van der Waals surface area contributed by atoms with Gasteiger partial charge < -0.3 is 4.90 Å². The number of carbonyl (C=O) groups excluding carboxylic acids is 1. The van der Waals surface area contributed by atoms with E-state index in [1.807, 2.05) is 48.3 Å². The first-order valence-electron chi connectivity index (χ1n) is 8.87. The molecule has 1 saturated heterocycles. The van der Waals surface area contributed by atoms with Crippen molar-refractivity contribution in [1.29, 1.82) is 0 Å². The molecule has 0 unspecified atom stereocenters. The zero-order valence-electron chi connectivity index (χ0n) is 14.7. The number of hydrogen-bond donors (Lipinski definition) is 0. The fourth-order valence-electron chi connectivity index (χ4n) is 3.54. The van der Waals surface area contributed by atoms with E-state index in [9.17, 15) is 4.79 Å². The minimum atomic E-state index is 0.0849. The molecule has 4 heteroatoms. The van der Waals surface area contributed by atoms with Crippen LogP contribution in [0.15, 0.2) is 54.6 Å². The van der Waals surface area contributed by atoms with Crippen LogP contribution in [0.3, 0.4) is 0 Å². The molecule has 0 spiro atoms. The highest BCUT2D eigenvalue weighted by Crippen LogP contribution is 2.22. The minimum Gasteiger partial charge on any atom is -0.341 e. The van der Waals surface area contributed by atoms with Gasteiger partial charge in [0.15, 0.2) is 0 Å². The van der Waals surface area contributed by atoms with Crippen molar-refractivity contribution in [3.8, 4) is 0 Å². The van der Waals surface area contributed by atoms with Crippen LogP contribution in [0.4, 0.5) is 0 Å². The van der Waals surface area contributed by atoms with E-state index in [2.05, 4.69) is 23.1 Å². The predicted molar refractivity (Wildman–Crippen MR) is 102 cm³/mol. The largest absolute Gasteiger partial charge is 0.341 e. The molecule has 132 valence electrons. The maximum atomic E-state index is 12.8. The van der Waals surface area contributed by atoms with E-state index in [1.165, 1.54) is 11.1 Å². The molecular formula is C21H25ClN2O. The van der Waals surface area contributed by atoms with Crippen molar-refractivity contribution in [2.75, 3.05) is 20.1 Å². The lowest BCUT2D eigenvalue weighted by Crippen LogP contribution is -2.43. The van der Waals surface area contributed by atoms with Crippen molar-refractivity contribution < 1.29 is 4.79 Å². The summed E-state index contributed by atoms with van der Waals surface area (Å²) in [6, 6.07) is 18.1. The van der Waals surface area contributed by atoms with Crippen LogP contribution in [-0.4, -0.2) is 35.8 Å². The summed E-state index contributed by atoms with van der Waals surface area (Å²) in [4.78, 5) is 17.1. The number of halogens is 1. The van der Waals surface area contributed by atoms with Crippen LogP contribution in [-0.2, 0) is 17.9 Å². The van der Waals surface area contributed by atoms with Gasteiger partial charge in [-0.2, -0.15) is 0 Å². The molecule has 3 nitrogen and oxygen atoms in total.